The standard InChI is InChI=1S/C26H22N8OS/c1-34(2)14-24(35)30-16-8-15(11-27-12-16)20-9-18-22(13-29-20)32-33-25(18)21-10-17-19(31-21)5-6-28-26(17)23-4-3-7-36-23/h3-13,31H,14H2,1-2H3,(H,30,35)(H,32,33). The molecule has 178 valence electrons. The van der Waals surface area contributed by atoms with E-state index in [4.69, 9.17) is 0 Å². The van der Waals surface area contributed by atoms with Crippen LogP contribution in [0.2, 0.25) is 0 Å². The van der Waals surface area contributed by atoms with E-state index < -0.39 is 0 Å². The molecule has 6 heterocycles. The van der Waals surface area contributed by atoms with Gasteiger partial charge in [-0.2, -0.15) is 5.10 Å². The quantitative estimate of drug-likeness (QED) is 0.307. The fourth-order valence-electron chi connectivity index (χ4n) is 4.21. The Labute approximate surface area is 210 Å². The van der Waals surface area contributed by atoms with Crippen molar-refractivity contribution in [1.82, 2.24) is 35.0 Å². The van der Waals surface area contributed by atoms with E-state index in [1.54, 1.807) is 29.9 Å². The number of carbonyl (C=O) groups is 1. The first kappa shape index (κ1) is 22.1. The number of nitrogens with one attached hydrogen (secondary N) is 3. The molecule has 0 aliphatic carbocycles. The SMILES string of the molecule is CN(C)CC(=O)Nc1cncc(-c2cc3c(-c4cc5c(-c6cccs6)nccc5[nH]4)n[nH]c3cn2)c1. The van der Waals surface area contributed by atoms with Crippen molar-refractivity contribution < 1.29 is 4.79 Å². The van der Waals surface area contributed by atoms with Gasteiger partial charge in [0, 0.05) is 34.2 Å². The average molecular weight is 495 g/mol. The third-order valence-corrected chi connectivity index (χ3v) is 6.66. The Morgan fingerprint density at radius 1 is 1.03 bits per heavy atom. The van der Waals surface area contributed by atoms with Crippen LogP contribution < -0.4 is 5.32 Å². The number of carbonyl (C=O) groups excluding carboxylic acids is 1. The van der Waals surface area contributed by atoms with Gasteiger partial charge in [0.25, 0.3) is 0 Å². The molecule has 0 aromatic carbocycles. The summed E-state index contributed by atoms with van der Waals surface area (Å²) in [5.74, 6) is -0.102. The van der Waals surface area contributed by atoms with E-state index in [1.807, 2.05) is 49.5 Å². The molecule has 1 amide bonds. The minimum Gasteiger partial charge on any atom is -0.353 e. The molecule has 0 atom stereocenters. The maximum atomic E-state index is 12.2. The Morgan fingerprint density at radius 3 is 2.75 bits per heavy atom. The number of aromatic amines is 2. The molecule has 9 nitrogen and oxygen atoms in total. The van der Waals surface area contributed by atoms with Gasteiger partial charge in [0.15, 0.2) is 0 Å². The molecule has 0 saturated heterocycles. The monoisotopic (exact) mass is 494 g/mol. The number of H-pyrrole nitrogens is 2. The Morgan fingerprint density at radius 2 is 1.92 bits per heavy atom. The third-order valence-electron chi connectivity index (χ3n) is 5.78. The zero-order valence-electron chi connectivity index (χ0n) is 19.6. The highest BCUT2D eigenvalue weighted by Gasteiger charge is 2.16. The van der Waals surface area contributed by atoms with E-state index in [1.165, 1.54) is 0 Å². The summed E-state index contributed by atoms with van der Waals surface area (Å²) in [7, 11) is 3.70. The molecule has 10 heteroatoms. The highest BCUT2D eigenvalue weighted by Crippen LogP contribution is 2.35. The molecule has 6 rings (SSSR count). The summed E-state index contributed by atoms with van der Waals surface area (Å²) in [6, 6.07) is 12.0. The fourth-order valence-corrected chi connectivity index (χ4v) is 4.94. The first-order valence-electron chi connectivity index (χ1n) is 11.3. The van der Waals surface area contributed by atoms with Gasteiger partial charge >= 0.3 is 0 Å². The Bertz CT molecular complexity index is 1700. The second-order valence-electron chi connectivity index (χ2n) is 8.72. The van der Waals surface area contributed by atoms with Gasteiger partial charge in [-0.25, -0.2) is 0 Å². The topological polar surface area (TPSA) is 115 Å². The fraction of sp³-hybridized carbons (Fsp3) is 0.115. The lowest BCUT2D eigenvalue weighted by Crippen LogP contribution is -2.27. The molecule has 0 fully saturated rings. The number of thiophene rings is 1. The molecule has 0 aliphatic heterocycles. The van der Waals surface area contributed by atoms with E-state index in [0.717, 1.165) is 55.0 Å². The summed E-state index contributed by atoms with van der Waals surface area (Å²) < 4.78 is 0. The summed E-state index contributed by atoms with van der Waals surface area (Å²) >= 11 is 1.67. The first-order chi connectivity index (χ1) is 17.5. The summed E-state index contributed by atoms with van der Waals surface area (Å²) in [5.41, 5.74) is 6.62. The second kappa shape index (κ2) is 8.99. The van der Waals surface area contributed by atoms with Crippen molar-refractivity contribution in [3.63, 3.8) is 0 Å². The van der Waals surface area contributed by atoms with Gasteiger partial charge in [-0.05, 0) is 49.8 Å². The smallest absolute Gasteiger partial charge is 0.238 e. The molecule has 0 radical (unpaired) electrons. The number of rotatable bonds is 6. The highest BCUT2D eigenvalue weighted by molar-refractivity contribution is 7.13. The van der Waals surface area contributed by atoms with Crippen LogP contribution >= 0.6 is 11.3 Å². The summed E-state index contributed by atoms with van der Waals surface area (Å²) in [4.78, 5) is 32.1. The second-order valence-corrected chi connectivity index (χ2v) is 9.66. The molecule has 0 saturated carbocycles. The average Bonchev–Trinajstić information content (AvgIpc) is 3.62. The van der Waals surface area contributed by atoms with Crippen LogP contribution in [0.5, 0.6) is 0 Å². The van der Waals surface area contributed by atoms with Crippen molar-refractivity contribution in [2.75, 3.05) is 26.0 Å². The number of likely N-dealkylation sites (N-methyl/N-ethyl adjacent to an activating group) is 1. The molecule has 36 heavy (non-hydrogen) atoms. The number of hydrogen-bond donors (Lipinski definition) is 3. The van der Waals surface area contributed by atoms with Crippen LogP contribution in [0.15, 0.2) is 66.6 Å². The lowest BCUT2D eigenvalue weighted by Gasteiger charge is -2.10. The maximum absolute atomic E-state index is 12.2. The molecular weight excluding hydrogens is 472 g/mol. The number of amides is 1. The van der Waals surface area contributed by atoms with E-state index >= 15 is 0 Å². The predicted octanol–water partition coefficient (Wildman–Crippen LogP) is 4.79. The summed E-state index contributed by atoms with van der Waals surface area (Å²) in [6.45, 7) is 0.293. The van der Waals surface area contributed by atoms with Gasteiger partial charge in [0.05, 0.1) is 52.1 Å². The summed E-state index contributed by atoms with van der Waals surface area (Å²) in [6.07, 6.45) is 6.94. The van der Waals surface area contributed by atoms with Gasteiger partial charge < -0.3 is 15.2 Å². The Balaban J connectivity index is 1.38. The number of hydrogen-bond acceptors (Lipinski definition) is 7. The van der Waals surface area contributed by atoms with Crippen molar-refractivity contribution in [1.29, 1.82) is 0 Å². The van der Waals surface area contributed by atoms with Crippen LogP contribution in [0.4, 0.5) is 5.69 Å². The van der Waals surface area contributed by atoms with Crippen molar-refractivity contribution in [2.45, 2.75) is 0 Å². The van der Waals surface area contributed by atoms with Crippen molar-refractivity contribution in [3.8, 4) is 33.2 Å². The van der Waals surface area contributed by atoms with Crippen molar-refractivity contribution >= 4 is 44.7 Å². The summed E-state index contributed by atoms with van der Waals surface area (Å²) in [5, 5.41) is 14.6. The van der Waals surface area contributed by atoms with Gasteiger partial charge in [0.2, 0.25) is 5.91 Å². The number of anilines is 1. The predicted molar refractivity (Wildman–Crippen MR) is 143 cm³/mol. The minimum absolute atomic E-state index is 0.102. The van der Waals surface area contributed by atoms with Crippen molar-refractivity contribution in [2.24, 2.45) is 0 Å². The molecular formula is C26H22N8OS. The Hall–Kier alpha value is -4.41. The Kier molecular flexibility index (Phi) is 5.51. The number of aromatic nitrogens is 6. The molecule has 0 aliphatic rings. The molecule has 0 unspecified atom stereocenters. The molecule has 6 aromatic rings. The van der Waals surface area contributed by atoms with Crippen LogP contribution in [-0.2, 0) is 4.79 Å². The molecule has 0 bridgehead atoms. The minimum atomic E-state index is -0.102. The molecule has 3 N–H and O–H groups in total. The normalized spacial score (nSPS) is 11.5. The number of nitrogens with zero attached hydrogens (tertiary/aromatic N) is 5. The number of fused-ring (bicyclic) bond motifs is 2. The largest absolute Gasteiger partial charge is 0.353 e. The number of pyridine rings is 3. The van der Waals surface area contributed by atoms with Gasteiger partial charge in [-0.15, -0.1) is 11.3 Å². The molecule has 0 spiro atoms. The van der Waals surface area contributed by atoms with E-state index in [-0.39, 0.29) is 5.91 Å². The van der Waals surface area contributed by atoms with Crippen LogP contribution in [0.1, 0.15) is 0 Å². The van der Waals surface area contributed by atoms with Crippen LogP contribution in [0.25, 0.3) is 55.0 Å². The molecule has 6 aromatic heterocycles. The van der Waals surface area contributed by atoms with Gasteiger partial charge in [0.1, 0.15) is 5.69 Å². The van der Waals surface area contributed by atoms with Crippen LogP contribution in [0, 0.1) is 0 Å². The maximum Gasteiger partial charge on any atom is 0.238 e. The van der Waals surface area contributed by atoms with Crippen LogP contribution in [-0.4, -0.2) is 61.6 Å². The van der Waals surface area contributed by atoms with Crippen LogP contribution in [0.3, 0.4) is 0 Å². The van der Waals surface area contributed by atoms with Gasteiger partial charge in [-0.1, -0.05) is 6.07 Å². The van der Waals surface area contributed by atoms with Gasteiger partial charge in [-0.3, -0.25) is 24.8 Å². The van der Waals surface area contributed by atoms with E-state index in [9.17, 15) is 4.79 Å². The zero-order valence-corrected chi connectivity index (χ0v) is 20.4. The first-order valence-corrected chi connectivity index (χ1v) is 12.2. The van der Waals surface area contributed by atoms with Crippen molar-refractivity contribution in [3.05, 3.63) is 66.6 Å². The lowest BCUT2D eigenvalue weighted by atomic mass is 10.1. The zero-order chi connectivity index (χ0) is 24.6. The van der Waals surface area contributed by atoms with E-state index in [2.05, 4.69) is 53.0 Å². The van der Waals surface area contributed by atoms with E-state index in [0.29, 0.717) is 12.2 Å². The lowest BCUT2D eigenvalue weighted by molar-refractivity contribution is -0.116. The third kappa shape index (κ3) is 4.12. The highest BCUT2D eigenvalue weighted by atomic mass is 32.1.